The Hall–Kier alpha value is -2.17. The van der Waals surface area contributed by atoms with Gasteiger partial charge in [0.25, 0.3) is 0 Å². The summed E-state index contributed by atoms with van der Waals surface area (Å²) in [6, 6.07) is 3.38. The molecule has 1 heterocycles. The molecule has 0 amide bonds. The molecule has 0 aliphatic carbocycles. The van der Waals surface area contributed by atoms with Gasteiger partial charge in [-0.15, -0.1) is 0 Å². The second-order valence-electron chi connectivity index (χ2n) is 5.97. The average Bonchev–Trinajstić information content (AvgIpc) is 2.82. The molecule has 2 aromatic rings. The van der Waals surface area contributed by atoms with Crippen molar-refractivity contribution in [3.8, 4) is 11.8 Å². The van der Waals surface area contributed by atoms with Crippen LogP contribution in [0, 0.1) is 17.2 Å². The number of rotatable bonds is 4. The van der Waals surface area contributed by atoms with Gasteiger partial charge in [-0.05, 0) is 31.4 Å². The minimum atomic E-state index is -4.59. The summed E-state index contributed by atoms with van der Waals surface area (Å²) in [7, 11) is 0. The summed E-state index contributed by atoms with van der Waals surface area (Å²) in [6.45, 7) is 7.61. The summed E-state index contributed by atoms with van der Waals surface area (Å²) < 4.78 is 40.0. The molecule has 0 saturated carbocycles. The number of hydrogen-bond acceptors (Lipinski definition) is 3. The highest BCUT2D eigenvalue weighted by Gasteiger charge is 2.33. The van der Waals surface area contributed by atoms with Crippen molar-refractivity contribution in [1.82, 2.24) is 9.78 Å². The van der Waals surface area contributed by atoms with Gasteiger partial charge in [-0.25, -0.2) is 4.68 Å². The van der Waals surface area contributed by atoms with Gasteiger partial charge in [0.1, 0.15) is 11.8 Å². The van der Waals surface area contributed by atoms with Crippen molar-refractivity contribution < 1.29 is 13.2 Å². The lowest BCUT2D eigenvalue weighted by molar-refractivity contribution is -0.137. The quantitative estimate of drug-likeness (QED) is 0.695. The first-order valence-corrected chi connectivity index (χ1v) is 8.22. The molecule has 1 aromatic carbocycles. The molecule has 138 valence electrons. The molecule has 0 bridgehead atoms. The summed E-state index contributed by atoms with van der Waals surface area (Å²) in [4.78, 5) is 0. The third kappa shape index (κ3) is 3.81. The zero-order valence-corrected chi connectivity index (χ0v) is 15.5. The number of allylic oxidation sites excluding steroid dienone is 1. The van der Waals surface area contributed by atoms with Crippen molar-refractivity contribution in [1.29, 1.82) is 5.26 Å². The molecule has 0 radical (unpaired) electrons. The SMILES string of the molecule is C=C(C)C(C)Cc1c(N)c(C#N)nn1-c1c(Cl)cc(C(F)(F)F)cc1Cl. The smallest absolute Gasteiger partial charge is 0.395 e. The molecule has 0 spiro atoms. The van der Waals surface area contributed by atoms with E-state index in [9.17, 15) is 18.4 Å². The van der Waals surface area contributed by atoms with E-state index >= 15 is 0 Å². The van der Waals surface area contributed by atoms with E-state index in [1.807, 2.05) is 19.9 Å². The predicted octanol–water partition coefficient (Wildman–Crippen LogP) is 5.41. The van der Waals surface area contributed by atoms with Crippen LogP contribution in [0.2, 0.25) is 10.0 Å². The number of nitrogens with two attached hydrogens (primary N) is 1. The van der Waals surface area contributed by atoms with Crippen LogP contribution in [0.25, 0.3) is 5.69 Å². The highest BCUT2D eigenvalue weighted by molar-refractivity contribution is 6.37. The molecular formula is C17H15Cl2F3N4. The van der Waals surface area contributed by atoms with Crippen molar-refractivity contribution in [3.05, 3.63) is 51.3 Å². The van der Waals surface area contributed by atoms with Crippen molar-refractivity contribution in [3.63, 3.8) is 0 Å². The van der Waals surface area contributed by atoms with Gasteiger partial charge in [-0.2, -0.15) is 23.5 Å². The van der Waals surface area contributed by atoms with Gasteiger partial charge in [-0.1, -0.05) is 42.3 Å². The number of nitriles is 1. The fraction of sp³-hybridized carbons (Fsp3) is 0.294. The highest BCUT2D eigenvalue weighted by atomic mass is 35.5. The lowest BCUT2D eigenvalue weighted by atomic mass is 9.97. The molecule has 1 atom stereocenters. The maximum absolute atomic E-state index is 12.9. The first kappa shape index (κ1) is 20.1. The number of aromatic nitrogens is 2. The Balaban J connectivity index is 2.69. The number of benzene rings is 1. The summed E-state index contributed by atoms with van der Waals surface area (Å²) in [6.07, 6.45) is -4.23. The molecule has 0 aliphatic rings. The second kappa shape index (κ2) is 7.22. The molecule has 0 fully saturated rings. The molecule has 4 nitrogen and oxygen atoms in total. The van der Waals surface area contributed by atoms with Gasteiger partial charge in [0, 0.05) is 0 Å². The van der Waals surface area contributed by atoms with Gasteiger partial charge >= 0.3 is 6.18 Å². The third-order valence-electron chi connectivity index (χ3n) is 4.02. The van der Waals surface area contributed by atoms with E-state index in [1.54, 1.807) is 0 Å². The molecule has 0 saturated heterocycles. The van der Waals surface area contributed by atoms with Crippen LogP contribution in [0.1, 0.15) is 30.8 Å². The van der Waals surface area contributed by atoms with Gasteiger partial charge in [0.15, 0.2) is 5.69 Å². The van der Waals surface area contributed by atoms with Crippen molar-refractivity contribution in [2.75, 3.05) is 5.73 Å². The number of nitrogens with zero attached hydrogens (tertiary/aromatic N) is 3. The summed E-state index contributed by atoms with van der Waals surface area (Å²) in [5.41, 5.74) is 6.44. The number of alkyl halides is 3. The fourth-order valence-electron chi connectivity index (χ4n) is 2.32. The molecule has 0 aliphatic heterocycles. The molecule has 1 aromatic heterocycles. The van der Waals surface area contributed by atoms with Crippen LogP contribution in [-0.4, -0.2) is 9.78 Å². The number of hydrogen-bond donors (Lipinski definition) is 1. The normalized spacial score (nSPS) is 12.7. The van der Waals surface area contributed by atoms with Crippen molar-refractivity contribution in [2.24, 2.45) is 5.92 Å². The fourth-order valence-corrected chi connectivity index (χ4v) is 2.97. The Morgan fingerprint density at radius 1 is 1.38 bits per heavy atom. The van der Waals surface area contributed by atoms with Crippen LogP contribution in [0.15, 0.2) is 24.3 Å². The van der Waals surface area contributed by atoms with E-state index in [1.165, 1.54) is 4.68 Å². The Labute approximate surface area is 158 Å². The highest BCUT2D eigenvalue weighted by Crippen LogP contribution is 2.39. The maximum Gasteiger partial charge on any atom is 0.416 e. The van der Waals surface area contributed by atoms with Crippen LogP contribution in [0.3, 0.4) is 0 Å². The van der Waals surface area contributed by atoms with E-state index in [4.69, 9.17) is 28.9 Å². The van der Waals surface area contributed by atoms with E-state index in [2.05, 4.69) is 11.7 Å². The van der Waals surface area contributed by atoms with E-state index in [0.29, 0.717) is 12.1 Å². The molecule has 26 heavy (non-hydrogen) atoms. The monoisotopic (exact) mass is 402 g/mol. The topological polar surface area (TPSA) is 67.6 Å². The van der Waals surface area contributed by atoms with Crippen LogP contribution in [0.4, 0.5) is 18.9 Å². The third-order valence-corrected chi connectivity index (χ3v) is 4.60. The van der Waals surface area contributed by atoms with Crippen molar-refractivity contribution in [2.45, 2.75) is 26.4 Å². The van der Waals surface area contributed by atoms with Gasteiger partial charge < -0.3 is 5.73 Å². The molecular weight excluding hydrogens is 388 g/mol. The van der Waals surface area contributed by atoms with Gasteiger partial charge in [0.05, 0.1) is 27.0 Å². The average molecular weight is 403 g/mol. The maximum atomic E-state index is 12.9. The predicted molar refractivity (Wildman–Crippen MR) is 95.4 cm³/mol. The first-order chi connectivity index (χ1) is 12.0. The van der Waals surface area contributed by atoms with E-state index in [0.717, 1.165) is 17.7 Å². The van der Waals surface area contributed by atoms with Gasteiger partial charge in [0.2, 0.25) is 0 Å². The Kier molecular flexibility index (Phi) is 5.59. The first-order valence-electron chi connectivity index (χ1n) is 7.46. The minimum absolute atomic E-state index is 0.00806. The Morgan fingerprint density at radius 2 is 1.92 bits per heavy atom. The van der Waals surface area contributed by atoms with Crippen LogP contribution in [-0.2, 0) is 12.6 Å². The summed E-state index contributed by atoms with van der Waals surface area (Å²) in [5.74, 6) is -0.00806. The number of halogens is 5. The zero-order valence-electron chi connectivity index (χ0n) is 14.0. The summed E-state index contributed by atoms with van der Waals surface area (Å²) >= 11 is 12.1. The van der Waals surface area contributed by atoms with Crippen LogP contribution in [0.5, 0.6) is 0 Å². The van der Waals surface area contributed by atoms with E-state index < -0.39 is 11.7 Å². The summed E-state index contributed by atoms with van der Waals surface area (Å²) in [5, 5.41) is 12.8. The second-order valence-corrected chi connectivity index (χ2v) is 6.78. The van der Waals surface area contributed by atoms with E-state index in [-0.39, 0.29) is 33.0 Å². The van der Waals surface area contributed by atoms with Crippen LogP contribution < -0.4 is 5.73 Å². The van der Waals surface area contributed by atoms with Crippen molar-refractivity contribution >= 4 is 28.9 Å². The van der Waals surface area contributed by atoms with Crippen LogP contribution >= 0.6 is 23.2 Å². The zero-order chi connectivity index (χ0) is 19.8. The molecule has 2 N–H and O–H groups in total. The lowest BCUT2D eigenvalue weighted by Crippen LogP contribution is -2.11. The Morgan fingerprint density at radius 3 is 2.35 bits per heavy atom. The number of anilines is 1. The molecule has 1 unspecified atom stereocenters. The standard InChI is InChI=1S/C17H15Cl2F3N4/c1-8(2)9(3)4-14-15(24)13(7-23)25-26(14)16-11(18)5-10(6-12(16)19)17(20,21)22/h5-6,9H,1,4,24H2,2-3H3. The molecule has 9 heteroatoms. The minimum Gasteiger partial charge on any atom is -0.395 e. The van der Waals surface area contributed by atoms with Gasteiger partial charge in [-0.3, -0.25) is 0 Å². The Bertz CT molecular complexity index is 887. The molecule has 2 rings (SSSR count). The number of nitrogen functional groups attached to an aromatic ring is 1. The largest absolute Gasteiger partial charge is 0.416 e. The lowest BCUT2D eigenvalue weighted by Gasteiger charge is -2.17.